The molecule has 0 radical (unpaired) electrons. The van der Waals surface area contributed by atoms with E-state index < -0.39 is 0 Å². The molecule has 0 saturated carbocycles. The fraction of sp³-hybridized carbons (Fsp3) is 0. The van der Waals surface area contributed by atoms with E-state index in [4.69, 9.17) is 0 Å². The lowest BCUT2D eigenvalue weighted by Gasteiger charge is -2.06. The molecule has 1 aromatic carbocycles. The van der Waals surface area contributed by atoms with Crippen LogP contribution >= 0.6 is 0 Å². The fourth-order valence-corrected chi connectivity index (χ4v) is 2.27. The van der Waals surface area contributed by atoms with Gasteiger partial charge in [-0.25, -0.2) is 19.3 Å². The zero-order chi connectivity index (χ0) is 14.2. The predicted molar refractivity (Wildman–Crippen MR) is 73.8 cm³/mol. The molecule has 2 aliphatic heterocycles. The van der Waals surface area contributed by atoms with Crippen LogP contribution in [0, 0.1) is 5.82 Å². The minimum absolute atomic E-state index is 0.282. The maximum absolute atomic E-state index is 13.1. The first-order chi connectivity index (χ1) is 10.3. The van der Waals surface area contributed by atoms with Crippen molar-refractivity contribution in [2.45, 2.75) is 0 Å². The lowest BCUT2D eigenvalue weighted by atomic mass is 10.0. The molecule has 0 unspecified atom stereocenters. The van der Waals surface area contributed by atoms with Crippen LogP contribution in [0.5, 0.6) is 0 Å². The van der Waals surface area contributed by atoms with E-state index in [1.165, 1.54) is 18.5 Å². The summed E-state index contributed by atoms with van der Waals surface area (Å²) in [5.41, 5.74) is 3.79. The first-order valence-electron chi connectivity index (χ1n) is 6.27. The van der Waals surface area contributed by atoms with Gasteiger partial charge in [0, 0.05) is 17.3 Å². The summed E-state index contributed by atoms with van der Waals surface area (Å²) in [5, 5.41) is 7.08. The third-order valence-corrected chi connectivity index (χ3v) is 3.24. The highest BCUT2D eigenvalue weighted by Crippen LogP contribution is 2.33. The number of nitrogens with one attached hydrogen (secondary N) is 2. The summed E-state index contributed by atoms with van der Waals surface area (Å²) in [5.74, 6) is 0.283. The van der Waals surface area contributed by atoms with Gasteiger partial charge in [-0.05, 0) is 24.3 Å². The molecule has 0 amide bonds. The summed E-state index contributed by atoms with van der Waals surface area (Å²) in [7, 11) is 0. The van der Waals surface area contributed by atoms with E-state index >= 15 is 0 Å². The second-order valence-corrected chi connectivity index (χ2v) is 4.48. The van der Waals surface area contributed by atoms with Crippen molar-refractivity contribution in [1.29, 1.82) is 0 Å². The van der Waals surface area contributed by atoms with Crippen LogP contribution in [0.4, 0.5) is 4.39 Å². The van der Waals surface area contributed by atoms with Crippen molar-refractivity contribution in [3.63, 3.8) is 0 Å². The Bertz CT molecular complexity index is 863. The molecule has 21 heavy (non-hydrogen) atoms. The minimum Gasteiger partial charge on any atom is -0.344 e. The standard InChI is InChI=1S/C14H9FN6/c15-9-3-1-8(2-4-9)11-10(5-20-21-11)12-13-14(18-6-16-12)19-7-17-13/h1-7H,(H,20,21)(H,16,17,18,19). The summed E-state index contributed by atoms with van der Waals surface area (Å²) < 4.78 is 13.1. The molecule has 3 heterocycles. The molecule has 102 valence electrons. The number of fused-ring (bicyclic) bond motifs is 1. The number of H-pyrrole nitrogens is 2. The summed E-state index contributed by atoms with van der Waals surface area (Å²) in [4.78, 5) is 15.5. The number of rotatable bonds is 2. The second-order valence-electron chi connectivity index (χ2n) is 4.48. The van der Waals surface area contributed by atoms with E-state index in [1.807, 2.05) is 0 Å². The molecule has 2 aliphatic rings. The molecule has 6 nitrogen and oxygen atoms in total. The Hall–Kier alpha value is -3.09. The first-order valence-corrected chi connectivity index (χ1v) is 6.27. The molecule has 0 aliphatic carbocycles. The Kier molecular flexibility index (Phi) is 2.50. The predicted octanol–water partition coefficient (Wildman–Crippen LogP) is 2.50. The van der Waals surface area contributed by atoms with Gasteiger partial charge in [-0.1, -0.05) is 0 Å². The molecule has 0 fully saturated rings. The largest absolute Gasteiger partial charge is 0.344 e. The molecule has 2 N–H and O–H groups in total. The number of imidazole rings is 1. The van der Waals surface area contributed by atoms with Crippen molar-refractivity contribution in [2.24, 2.45) is 0 Å². The van der Waals surface area contributed by atoms with Gasteiger partial charge in [-0.2, -0.15) is 5.10 Å². The number of hydrogen-bond donors (Lipinski definition) is 2. The van der Waals surface area contributed by atoms with E-state index in [2.05, 4.69) is 30.1 Å². The lowest BCUT2D eigenvalue weighted by Crippen LogP contribution is -1.94. The van der Waals surface area contributed by atoms with Crippen LogP contribution in [0.2, 0.25) is 0 Å². The Labute approximate surface area is 118 Å². The zero-order valence-corrected chi connectivity index (χ0v) is 10.7. The molecule has 2 aromatic rings. The molecule has 4 rings (SSSR count). The summed E-state index contributed by atoms with van der Waals surface area (Å²) in [6, 6.07) is 6.18. The molecule has 0 atom stereocenters. The average Bonchev–Trinajstić information content (AvgIpc) is 3.16. The minimum atomic E-state index is -0.282. The van der Waals surface area contributed by atoms with Gasteiger partial charge in [0.05, 0.1) is 12.0 Å². The Balaban J connectivity index is 1.90. The van der Waals surface area contributed by atoms with Crippen LogP contribution in [-0.4, -0.2) is 30.1 Å². The van der Waals surface area contributed by atoms with Crippen LogP contribution in [0.1, 0.15) is 0 Å². The fourth-order valence-electron chi connectivity index (χ4n) is 2.27. The summed E-state index contributed by atoms with van der Waals surface area (Å²) in [6.07, 6.45) is 4.79. The van der Waals surface area contributed by atoms with Gasteiger partial charge < -0.3 is 4.98 Å². The van der Waals surface area contributed by atoms with E-state index in [0.717, 1.165) is 16.8 Å². The normalized spacial score (nSPS) is 11.1. The monoisotopic (exact) mass is 280 g/mol. The first kappa shape index (κ1) is 11.7. The van der Waals surface area contributed by atoms with Crippen molar-refractivity contribution in [3.05, 3.63) is 48.9 Å². The van der Waals surface area contributed by atoms with Gasteiger partial charge in [-0.3, -0.25) is 5.10 Å². The van der Waals surface area contributed by atoms with E-state index in [9.17, 15) is 4.39 Å². The third-order valence-electron chi connectivity index (χ3n) is 3.24. The van der Waals surface area contributed by atoms with E-state index in [-0.39, 0.29) is 5.82 Å². The van der Waals surface area contributed by atoms with E-state index in [1.54, 1.807) is 24.7 Å². The van der Waals surface area contributed by atoms with Crippen molar-refractivity contribution >= 4 is 0 Å². The van der Waals surface area contributed by atoms with Gasteiger partial charge >= 0.3 is 0 Å². The van der Waals surface area contributed by atoms with E-state index in [0.29, 0.717) is 17.2 Å². The number of nitrogens with zero attached hydrogens (tertiary/aromatic N) is 4. The van der Waals surface area contributed by atoms with Crippen LogP contribution in [0.25, 0.3) is 34.0 Å². The highest BCUT2D eigenvalue weighted by Gasteiger charge is 2.19. The maximum atomic E-state index is 13.1. The highest BCUT2D eigenvalue weighted by atomic mass is 19.1. The van der Waals surface area contributed by atoms with Crippen LogP contribution in [0.3, 0.4) is 0 Å². The van der Waals surface area contributed by atoms with Gasteiger partial charge in [0.25, 0.3) is 0 Å². The van der Waals surface area contributed by atoms with Crippen LogP contribution in [0.15, 0.2) is 43.1 Å². The average molecular weight is 280 g/mol. The summed E-state index contributed by atoms with van der Waals surface area (Å²) in [6.45, 7) is 0. The quantitative estimate of drug-likeness (QED) is 0.591. The molecule has 7 heteroatoms. The third kappa shape index (κ3) is 1.86. The topological polar surface area (TPSA) is 83.1 Å². The number of aromatic nitrogens is 6. The van der Waals surface area contributed by atoms with Gasteiger partial charge in [0.2, 0.25) is 0 Å². The summed E-state index contributed by atoms with van der Waals surface area (Å²) >= 11 is 0. The SMILES string of the molecule is Fc1ccc(-c2n[nH]cc2-c2[nH]cnc3ncnc2-3)cc1. The zero-order valence-electron chi connectivity index (χ0n) is 10.7. The maximum Gasteiger partial charge on any atom is 0.183 e. The van der Waals surface area contributed by atoms with Crippen molar-refractivity contribution in [2.75, 3.05) is 0 Å². The van der Waals surface area contributed by atoms with Crippen molar-refractivity contribution in [1.82, 2.24) is 30.1 Å². The second kappa shape index (κ2) is 4.48. The molecular formula is C14H9FN6. The van der Waals surface area contributed by atoms with Crippen LogP contribution in [-0.2, 0) is 0 Å². The van der Waals surface area contributed by atoms with Crippen molar-refractivity contribution < 1.29 is 4.39 Å². The molecule has 1 aromatic heterocycles. The molecule has 0 saturated heterocycles. The molecule has 0 bridgehead atoms. The number of halogens is 1. The lowest BCUT2D eigenvalue weighted by molar-refractivity contribution is 0.628. The van der Waals surface area contributed by atoms with Gasteiger partial charge in [0.1, 0.15) is 23.5 Å². The van der Waals surface area contributed by atoms with Crippen LogP contribution < -0.4 is 0 Å². The molecule has 0 spiro atoms. The smallest absolute Gasteiger partial charge is 0.183 e. The van der Waals surface area contributed by atoms with Crippen molar-refractivity contribution in [3.8, 4) is 34.0 Å². The van der Waals surface area contributed by atoms with Gasteiger partial charge in [-0.15, -0.1) is 0 Å². The number of hydrogen-bond acceptors (Lipinski definition) is 4. The Morgan fingerprint density at radius 2 is 1.81 bits per heavy atom. The van der Waals surface area contributed by atoms with Gasteiger partial charge in [0.15, 0.2) is 5.82 Å². The Morgan fingerprint density at radius 1 is 0.952 bits per heavy atom. The number of benzene rings is 1. The highest BCUT2D eigenvalue weighted by molar-refractivity contribution is 5.84. The number of aromatic amines is 2. The molecular weight excluding hydrogens is 271 g/mol. The Morgan fingerprint density at radius 3 is 2.67 bits per heavy atom.